The van der Waals surface area contributed by atoms with Gasteiger partial charge in [-0.05, 0) is 11.4 Å². The summed E-state index contributed by atoms with van der Waals surface area (Å²) in [5, 5.41) is 10.8. The first kappa shape index (κ1) is 12.9. The van der Waals surface area contributed by atoms with Crippen molar-refractivity contribution in [3.63, 3.8) is 0 Å². The first-order valence-corrected chi connectivity index (χ1v) is 7.13. The van der Waals surface area contributed by atoms with Crippen LogP contribution >= 0.6 is 11.3 Å². The van der Waals surface area contributed by atoms with Gasteiger partial charge in [0, 0.05) is 33.2 Å². The molecule has 2 aromatic heterocycles. The molecule has 3 heterocycles. The zero-order valence-electron chi connectivity index (χ0n) is 10.9. The van der Waals surface area contributed by atoms with Gasteiger partial charge in [0.1, 0.15) is 4.70 Å². The van der Waals surface area contributed by atoms with Crippen LogP contribution in [-0.2, 0) is 7.05 Å². The van der Waals surface area contributed by atoms with Gasteiger partial charge in [-0.25, -0.2) is 9.78 Å². The molecule has 3 rings (SSSR count). The topological polar surface area (TPSA) is 78.7 Å². The van der Waals surface area contributed by atoms with E-state index in [1.807, 2.05) is 16.3 Å². The maximum Gasteiger partial charge on any atom is 0.407 e. The Morgan fingerprint density at radius 2 is 2.05 bits per heavy atom. The minimum Gasteiger partial charge on any atom is -0.465 e. The lowest BCUT2D eigenvalue weighted by atomic mass is 10.3. The number of aromatic nitrogens is 2. The minimum atomic E-state index is -0.903. The van der Waals surface area contributed by atoms with Crippen molar-refractivity contribution >= 4 is 33.6 Å². The summed E-state index contributed by atoms with van der Waals surface area (Å²) in [4.78, 5) is 31.0. The summed E-state index contributed by atoms with van der Waals surface area (Å²) >= 11 is 1.39. The Balaban J connectivity index is 1.93. The maximum absolute atomic E-state index is 12.2. The first-order chi connectivity index (χ1) is 9.58. The molecule has 7 nitrogen and oxygen atoms in total. The lowest BCUT2D eigenvalue weighted by Gasteiger charge is -2.34. The predicted molar refractivity (Wildman–Crippen MR) is 76.7 cm³/mol. The Bertz CT molecular complexity index is 715. The van der Waals surface area contributed by atoms with Crippen LogP contribution in [-0.4, -0.2) is 51.8 Å². The molecule has 0 saturated carbocycles. The van der Waals surface area contributed by atoms with Crippen LogP contribution in [0.5, 0.6) is 0 Å². The van der Waals surface area contributed by atoms with Gasteiger partial charge in [0.15, 0.2) is 0 Å². The first-order valence-electron chi connectivity index (χ1n) is 6.25. The average molecular weight is 294 g/mol. The predicted octanol–water partition coefficient (Wildman–Crippen LogP) is 0.795. The molecule has 0 aliphatic carbocycles. The monoisotopic (exact) mass is 294 g/mol. The molecule has 0 bridgehead atoms. The number of piperazine rings is 1. The van der Waals surface area contributed by atoms with E-state index in [-0.39, 0.29) is 5.56 Å². The molecule has 0 unspecified atom stereocenters. The fourth-order valence-electron chi connectivity index (χ4n) is 2.36. The number of hydrogen-bond donors (Lipinski definition) is 1. The van der Waals surface area contributed by atoms with Crippen molar-refractivity contribution in [3.8, 4) is 0 Å². The van der Waals surface area contributed by atoms with Gasteiger partial charge >= 0.3 is 6.09 Å². The van der Waals surface area contributed by atoms with Crippen molar-refractivity contribution in [2.45, 2.75) is 0 Å². The maximum atomic E-state index is 12.2. The third-order valence-corrected chi connectivity index (χ3v) is 4.39. The molecule has 1 amide bonds. The fourth-order valence-corrected chi connectivity index (χ4v) is 3.16. The van der Waals surface area contributed by atoms with E-state index in [4.69, 9.17) is 5.11 Å². The van der Waals surface area contributed by atoms with Crippen LogP contribution < -0.4 is 10.5 Å². The van der Waals surface area contributed by atoms with E-state index in [0.717, 1.165) is 0 Å². The van der Waals surface area contributed by atoms with Gasteiger partial charge in [0.05, 0.1) is 5.52 Å². The second kappa shape index (κ2) is 4.78. The van der Waals surface area contributed by atoms with Crippen LogP contribution in [0.1, 0.15) is 0 Å². The molecule has 20 heavy (non-hydrogen) atoms. The zero-order chi connectivity index (χ0) is 14.3. The molecule has 1 N–H and O–H groups in total. The molecule has 0 aromatic carbocycles. The molecule has 8 heteroatoms. The van der Waals surface area contributed by atoms with Gasteiger partial charge in [0.2, 0.25) is 5.95 Å². The SMILES string of the molecule is Cn1c(N2CCN(C(=O)O)CC2)nc2ccsc2c1=O. The third kappa shape index (κ3) is 2.01. The number of hydrogen-bond acceptors (Lipinski definition) is 5. The van der Waals surface area contributed by atoms with Gasteiger partial charge in [-0.1, -0.05) is 0 Å². The van der Waals surface area contributed by atoms with Crippen LogP contribution in [0.15, 0.2) is 16.2 Å². The number of rotatable bonds is 1. The van der Waals surface area contributed by atoms with Crippen LogP contribution in [0.3, 0.4) is 0 Å². The van der Waals surface area contributed by atoms with E-state index < -0.39 is 6.09 Å². The summed E-state index contributed by atoms with van der Waals surface area (Å²) in [5.74, 6) is 0.603. The quantitative estimate of drug-likeness (QED) is 0.841. The molecule has 1 fully saturated rings. The molecular formula is C12H14N4O3S. The van der Waals surface area contributed by atoms with Crippen LogP contribution in [0.25, 0.3) is 10.2 Å². The Morgan fingerprint density at radius 1 is 1.35 bits per heavy atom. The molecule has 2 aromatic rings. The normalized spacial score (nSPS) is 15.8. The minimum absolute atomic E-state index is 0.0549. The molecule has 1 aliphatic heterocycles. The second-order valence-electron chi connectivity index (χ2n) is 4.67. The summed E-state index contributed by atoms with van der Waals surface area (Å²) in [5.41, 5.74) is 0.648. The third-order valence-electron chi connectivity index (χ3n) is 3.50. The van der Waals surface area contributed by atoms with Crippen molar-refractivity contribution in [2.75, 3.05) is 31.1 Å². The van der Waals surface area contributed by atoms with Gasteiger partial charge in [-0.3, -0.25) is 9.36 Å². The van der Waals surface area contributed by atoms with E-state index in [9.17, 15) is 9.59 Å². The fraction of sp³-hybridized carbons (Fsp3) is 0.417. The molecule has 1 saturated heterocycles. The van der Waals surface area contributed by atoms with E-state index in [2.05, 4.69) is 4.98 Å². The van der Waals surface area contributed by atoms with Crippen molar-refractivity contribution in [1.82, 2.24) is 14.5 Å². The van der Waals surface area contributed by atoms with Crippen molar-refractivity contribution in [1.29, 1.82) is 0 Å². The molecular weight excluding hydrogens is 280 g/mol. The number of thiophene rings is 1. The van der Waals surface area contributed by atoms with E-state index in [1.165, 1.54) is 20.8 Å². The lowest BCUT2D eigenvalue weighted by molar-refractivity contribution is 0.142. The summed E-state index contributed by atoms with van der Waals surface area (Å²) in [6.45, 7) is 1.93. The van der Waals surface area contributed by atoms with E-state index in [0.29, 0.717) is 42.3 Å². The highest BCUT2D eigenvalue weighted by atomic mass is 32.1. The van der Waals surface area contributed by atoms with Gasteiger partial charge in [-0.15, -0.1) is 11.3 Å². The summed E-state index contributed by atoms with van der Waals surface area (Å²) < 4.78 is 2.19. The highest BCUT2D eigenvalue weighted by Crippen LogP contribution is 2.19. The highest BCUT2D eigenvalue weighted by molar-refractivity contribution is 7.17. The van der Waals surface area contributed by atoms with Crippen molar-refractivity contribution < 1.29 is 9.90 Å². The van der Waals surface area contributed by atoms with Crippen molar-refractivity contribution in [3.05, 3.63) is 21.8 Å². The number of nitrogens with zero attached hydrogens (tertiary/aromatic N) is 4. The summed E-state index contributed by atoms with van der Waals surface area (Å²) in [7, 11) is 1.70. The van der Waals surface area contributed by atoms with Crippen molar-refractivity contribution in [2.24, 2.45) is 7.05 Å². The lowest BCUT2D eigenvalue weighted by Crippen LogP contribution is -2.49. The molecule has 0 atom stereocenters. The molecule has 106 valence electrons. The zero-order valence-corrected chi connectivity index (χ0v) is 11.8. The largest absolute Gasteiger partial charge is 0.465 e. The van der Waals surface area contributed by atoms with Crippen LogP contribution in [0.4, 0.5) is 10.7 Å². The Labute approximate surface area is 118 Å². The average Bonchev–Trinajstić information content (AvgIpc) is 2.91. The Morgan fingerprint density at radius 3 is 2.70 bits per heavy atom. The number of carbonyl (C=O) groups is 1. The molecule has 1 aliphatic rings. The summed E-state index contributed by atoms with van der Waals surface area (Å²) in [6.07, 6.45) is -0.903. The number of carboxylic acid groups (broad SMARTS) is 1. The van der Waals surface area contributed by atoms with Gasteiger partial charge < -0.3 is 14.9 Å². The van der Waals surface area contributed by atoms with Gasteiger partial charge in [-0.2, -0.15) is 0 Å². The van der Waals surface area contributed by atoms with Gasteiger partial charge in [0.25, 0.3) is 5.56 Å². The summed E-state index contributed by atoms with van der Waals surface area (Å²) in [6, 6.07) is 1.83. The number of anilines is 1. The number of amides is 1. The molecule has 0 radical (unpaired) electrons. The second-order valence-corrected chi connectivity index (χ2v) is 5.58. The highest BCUT2D eigenvalue weighted by Gasteiger charge is 2.23. The Kier molecular flexibility index (Phi) is 3.09. The smallest absolute Gasteiger partial charge is 0.407 e. The van der Waals surface area contributed by atoms with E-state index >= 15 is 0 Å². The van der Waals surface area contributed by atoms with Crippen LogP contribution in [0, 0.1) is 0 Å². The van der Waals surface area contributed by atoms with Crippen LogP contribution in [0.2, 0.25) is 0 Å². The number of fused-ring (bicyclic) bond motifs is 1. The Hall–Kier alpha value is -2.09. The molecule has 0 spiro atoms. The standard InChI is InChI=1S/C12H14N4O3S/c1-14-10(17)9-8(2-7-20-9)13-11(14)15-3-5-16(6-4-15)12(18)19/h2,7H,3-6H2,1H3,(H,18,19). The van der Waals surface area contributed by atoms with E-state index in [1.54, 1.807) is 7.05 Å².